The molecule has 2 heterocycles. The molecule has 0 bridgehead atoms. The van der Waals surface area contributed by atoms with Crippen molar-refractivity contribution in [3.05, 3.63) is 76.1 Å². The number of fused-ring (bicyclic) bond motifs is 1. The summed E-state index contributed by atoms with van der Waals surface area (Å²) in [6.45, 7) is 5.99. The average molecular weight is 377 g/mol. The van der Waals surface area contributed by atoms with Gasteiger partial charge in [-0.25, -0.2) is 4.98 Å². The van der Waals surface area contributed by atoms with E-state index in [2.05, 4.69) is 51.4 Å². The minimum absolute atomic E-state index is 0.0879. The van der Waals surface area contributed by atoms with E-state index in [-0.39, 0.29) is 10.8 Å². The van der Waals surface area contributed by atoms with E-state index >= 15 is 0 Å². The van der Waals surface area contributed by atoms with Gasteiger partial charge >= 0.3 is 0 Å². The Kier molecular flexibility index (Phi) is 4.53. The second-order valence-corrected chi connectivity index (χ2v) is 7.74. The number of H-pyrrole nitrogens is 1. The van der Waals surface area contributed by atoms with Gasteiger partial charge in [-0.1, -0.05) is 41.6 Å². The Hall–Kier alpha value is -2.93. The summed E-state index contributed by atoms with van der Waals surface area (Å²) in [5, 5.41) is 9.82. The monoisotopic (exact) mass is 377 g/mol. The van der Waals surface area contributed by atoms with Crippen LogP contribution in [0.4, 0.5) is 0 Å². The highest BCUT2D eigenvalue weighted by Crippen LogP contribution is 2.33. The van der Waals surface area contributed by atoms with Crippen LogP contribution in [0.3, 0.4) is 0 Å². The maximum Gasteiger partial charge on any atom is 0.258 e. The highest BCUT2D eigenvalue weighted by atomic mass is 32.2. The Morgan fingerprint density at radius 3 is 2.56 bits per heavy atom. The molecule has 0 radical (unpaired) electrons. The average Bonchev–Trinajstić information content (AvgIpc) is 3.02. The van der Waals surface area contributed by atoms with Gasteiger partial charge in [-0.3, -0.25) is 9.36 Å². The molecule has 0 saturated heterocycles. The van der Waals surface area contributed by atoms with Crippen molar-refractivity contribution in [3.63, 3.8) is 0 Å². The summed E-state index contributed by atoms with van der Waals surface area (Å²) < 4.78 is 2.01. The highest BCUT2D eigenvalue weighted by Gasteiger charge is 2.18. The number of hydrogen-bond donors (Lipinski definition) is 1. The second-order valence-electron chi connectivity index (χ2n) is 6.43. The van der Waals surface area contributed by atoms with E-state index in [1.165, 1.54) is 17.3 Å². The lowest BCUT2D eigenvalue weighted by atomic mass is 10.2. The SMILES string of the molecule is Cc1ccc(-n2c(C)nnc2S[C@@H](C)c2nc3ccccc3c(=O)[nH]2)cc1. The van der Waals surface area contributed by atoms with Gasteiger partial charge < -0.3 is 4.98 Å². The number of para-hydroxylation sites is 1. The number of benzene rings is 2. The molecule has 4 aromatic rings. The van der Waals surface area contributed by atoms with E-state index in [4.69, 9.17) is 0 Å². The van der Waals surface area contributed by atoms with Crippen molar-refractivity contribution in [3.8, 4) is 5.69 Å². The Labute approximate surface area is 160 Å². The third kappa shape index (κ3) is 3.38. The molecule has 0 aliphatic rings. The fraction of sp³-hybridized carbons (Fsp3) is 0.200. The molecule has 0 saturated carbocycles. The van der Waals surface area contributed by atoms with Crippen molar-refractivity contribution in [1.82, 2.24) is 24.7 Å². The zero-order valence-electron chi connectivity index (χ0n) is 15.3. The molecule has 0 fully saturated rings. The second kappa shape index (κ2) is 7.00. The molecular formula is C20H19N5OS. The third-order valence-electron chi connectivity index (χ3n) is 4.39. The number of aromatic nitrogens is 5. The number of nitrogens with zero attached hydrogens (tertiary/aromatic N) is 4. The fourth-order valence-electron chi connectivity index (χ4n) is 2.92. The Morgan fingerprint density at radius 1 is 1.04 bits per heavy atom. The Bertz CT molecular complexity index is 1160. The summed E-state index contributed by atoms with van der Waals surface area (Å²) in [4.78, 5) is 19.9. The number of hydrogen-bond acceptors (Lipinski definition) is 5. The normalized spacial score (nSPS) is 12.4. The number of nitrogens with one attached hydrogen (secondary N) is 1. The molecular weight excluding hydrogens is 358 g/mol. The lowest BCUT2D eigenvalue weighted by Crippen LogP contribution is -2.13. The predicted molar refractivity (Wildman–Crippen MR) is 107 cm³/mol. The first-order valence-corrected chi connectivity index (χ1v) is 9.55. The summed E-state index contributed by atoms with van der Waals surface area (Å²) >= 11 is 1.52. The van der Waals surface area contributed by atoms with Crippen molar-refractivity contribution >= 4 is 22.7 Å². The zero-order chi connectivity index (χ0) is 19.0. The summed E-state index contributed by atoms with van der Waals surface area (Å²) in [7, 11) is 0. The third-order valence-corrected chi connectivity index (χ3v) is 5.44. The highest BCUT2D eigenvalue weighted by molar-refractivity contribution is 7.99. The van der Waals surface area contributed by atoms with Gasteiger partial charge in [-0.15, -0.1) is 10.2 Å². The van der Waals surface area contributed by atoms with Crippen LogP contribution >= 0.6 is 11.8 Å². The molecule has 2 aromatic carbocycles. The topological polar surface area (TPSA) is 76.5 Å². The van der Waals surface area contributed by atoms with Crippen molar-refractivity contribution in [2.75, 3.05) is 0 Å². The van der Waals surface area contributed by atoms with Gasteiger partial charge in [0.1, 0.15) is 11.6 Å². The van der Waals surface area contributed by atoms with Crippen LogP contribution in [-0.4, -0.2) is 24.7 Å². The van der Waals surface area contributed by atoms with Crippen molar-refractivity contribution < 1.29 is 0 Å². The number of thioether (sulfide) groups is 1. The molecule has 0 spiro atoms. The molecule has 0 unspecified atom stereocenters. The number of aryl methyl sites for hydroxylation is 2. The fourth-order valence-corrected chi connectivity index (χ4v) is 3.89. The van der Waals surface area contributed by atoms with Gasteiger partial charge in [-0.05, 0) is 45.0 Å². The molecule has 7 heteroatoms. The lowest BCUT2D eigenvalue weighted by molar-refractivity contribution is 0.850. The van der Waals surface area contributed by atoms with Gasteiger partial charge in [0.25, 0.3) is 5.56 Å². The van der Waals surface area contributed by atoms with Crippen LogP contribution in [0, 0.1) is 13.8 Å². The molecule has 0 aliphatic heterocycles. The van der Waals surface area contributed by atoms with Gasteiger partial charge in [0.05, 0.1) is 16.2 Å². The van der Waals surface area contributed by atoms with Crippen LogP contribution in [0.15, 0.2) is 58.5 Å². The predicted octanol–water partition coefficient (Wildman–Crippen LogP) is 3.97. The van der Waals surface area contributed by atoms with Crippen LogP contribution < -0.4 is 5.56 Å². The zero-order valence-corrected chi connectivity index (χ0v) is 16.1. The van der Waals surface area contributed by atoms with Gasteiger partial charge in [0.2, 0.25) is 0 Å². The van der Waals surface area contributed by atoms with E-state index in [1.807, 2.05) is 36.6 Å². The molecule has 1 N–H and O–H groups in total. The summed E-state index contributed by atoms with van der Waals surface area (Å²) in [5.74, 6) is 1.44. The van der Waals surface area contributed by atoms with Crippen LogP contribution in [0.2, 0.25) is 0 Å². The van der Waals surface area contributed by atoms with E-state index in [1.54, 1.807) is 6.07 Å². The molecule has 0 amide bonds. The standard InChI is InChI=1S/C20H19N5OS/c1-12-8-10-15(11-9-12)25-14(3)23-24-20(25)27-13(2)18-21-17-7-5-4-6-16(17)19(26)22-18/h4-11,13H,1-3H3,(H,21,22,26)/t13-/m0/s1. The number of rotatable bonds is 4. The first kappa shape index (κ1) is 17.5. The summed E-state index contributed by atoms with van der Waals surface area (Å²) in [6.07, 6.45) is 0. The van der Waals surface area contributed by atoms with E-state index in [0.717, 1.165) is 16.7 Å². The molecule has 136 valence electrons. The Balaban J connectivity index is 1.69. The number of aromatic amines is 1. The van der Waals surface area contributed by atoms with Crippen LogP contribution in [0.25, 0.3) is 16.6 Å². The lowest BCUT2D eigenvalue weighted by Gasteiger charge is -2.13. The summed E-state index contributed by atoms with van der Waals surface area (Å²) in [5.41, 5.74) is 2.78. The van der Waals surface area contributed by atoms with Gasteiger partial charge in [0, 0.05) is 5.69 Å². The largest absolute Gasteiger partial charge is 0.309 e. The smallest absolute Gasteiger partial charge is 0.258 e. The first-order chi connectivity index (χ1) is 13.0. The maximum atomic E-state index is 12.3. The van der Waals surface area contributed by atoms with Gasteiger partial charge in [-0.2, -0.15) is 0 Å². The Morgan fingerprint density at radius 2 is 1.78 bits per heavy atom. The van der Waals surface area contributed by atoms with E-state index in [9.17, 15) is 4.79 Å². The van der Waals surface area contributed by atoms with Gasteiger partial charge in [0.15, 0.2) is 5.16 Å². The van der Waals surface area contributed by atoms with Crippen LogP contribution in [0.5, 0.6) is 0 Å². The van der Waals surface area contributed by atoms with Crippen LogP contribution in [0.1, 0.15) is 29.4 Å². The quantitative estimate of drug-likeness (QED) is 0.545. The molecule has 2 aromatic heterocycles. The molecule has 0 aliphatic carbocycles. The maximum absolute atomic E-state index is 12.3. The minimum atomic E-state index is -0.126. The van der Waals surface area contributed by atoms with E-state index < -0.39 is 0 Å². The van der Waals surface area contributed by atoms with Crippen LogP contribution in [-0.2, 0) is 0 Å². The van der Waals surface area contributed by atoms with Crippen molar-refractivity contribution in [2.24, 2.45) is 0 Å². The molecule has 1 atom stereocenters. The summed E-state index contributed by atoms with van der Waals surface area (Å²) in [6, 6.07) is 15.6. The molecule has 27 heavy (non-hydrogen) atoms. The van der Waals surface area contributed by atoms with Crippen molar-refractivity contribution in [1.29, 1.82) is 0 Å². The molecule has 4 rings (SSSR count). The van der Waals surface area contributed by atoms with E-state index in [0.29, 0.717) is 16.7 Å². The first-order valence-electron chi connectivity index (χ1n) is 8.67. The molecule has 6 nitrogen and oxygen atoms in total. The minimum Gasteiger partial charge on any atom is -0.309 e. The van der Waals surface area contributed by atoms with Crippen molar-refractivity contribution in [2.45, 2.75) is 31.2 Å².